The van der Waals surface area contributed by atoms with Crippen LogP contribution in [0, 0.1) is 0 Å². The monoisotopic (exact) mass is 221 g/mol. The average Bonchev–Trinajstić information content (AvgIpc) is 2.16. The molecule has 0 aliphatic carbocycles. The summed E-state index contributed by atoms with van der Waals surface area (Å²) in [5.41, 5.74) is 0. The molecule has 4 nitrogen and oxygen atoms in total. The quantitative estimate of drug-likeness (QED) is 0.647. The Morgan fingerprint density at radius 1 is 1.64 bits per heavy atom. The van der Waals surface area contributed by atoms with Crippen LogP contribution in [0.25, 0.3) is 0 Å². The topological polar surface area (TPSA) is 58.6 Å². The van der Waals surface area contributed by atoms with E-state index in [9.17, 15) is 4.79 Å². The van der Waals surface area contributed by atoms with Crippen LogP contribution in [0.4, 0.5) is 0 Å². The maximum absolute atomic E-state index is 11.3. The number of methoxy groups -OCH3 is 1. The standard InChI is InChI=1S/C9H19NO3S/c1-7(8(6-11)14-3)10-9(12)4-5-13-2/h7-8,11H,4-6H2,1-3H3,(H,10,12). The highest BCUT2D eigenvalue weighted by atomic mass is 32.2. The first-order valence-corrected chi connectivity index (χ1v) is 5.86. The van der Waals surface area contributed by atoms with E-state index in [1.807, 2.05) is 13.2 Å². The molecule has 0 aromatic carbocycles. The zero-order valence-electron chi connectivity index (χ0n) is 8.95. The Morgan fingerprint density at radius 2 is 2.29 bits per heavy atom. The molecule has 0 saturated carbocycles. The number of aliphatic hydroxyl groups is 1. The van der Waals surface area contributed by atoms with Crippen LogP contribution in [0.3, 0.4) is 0 Å². The number of rotatable bonds is 7. The Bertz CT molecular complexity index is 162. The lowest BCUT2D eigenvalue weighted by atomic mass is 10.2. The molecule has 84 valence electrons. The first kappa shape index (κ1) is 13.7. The van der Waals surface area contributed by atoms with Gasteiger partial charge in [-0.05, 0) is 13.2 Å². The third-order valence-corrected chi connectivity index (χ3v) is 3.13. The number of aliphatic hydroxyl groups excluding tert-OH is 1. The highest BCUT2D eigenvalue weighted by Gasteiger charge is 2.16. The van der Waals surface area contributed by atoms with E-state index >= 15 is 0 Å². The highest BCUT2D eigenvalue weighted by molar-refractivity contribution is 7.99. The number of hydrogen-bond acceptors (Lipinski definition) is 4. The second-order valence-corrected chi connectivity index (χ2v) is 4.13. The summed E-state index contributed by atoms with van der Waals surface area (Å²) in [7, 11) is 1.56. The summed E-state index contributed by atoms with van der Waals surface area (Å²) in [6.45, 7) is 2.40. The van der Waals surface area contributed by atoms with Crippen LogP contribution >= 0.6 is 11.8 Å². The molecule has 0 aromatic rings. The SMILES string of the molecule is COCCC(=O)NC(C)C(CO)SC. The van der Waals surface area contributed by atoms with Crippen molar-refractivity contribution in [1.29, 1.82) is 0 Å². The summed E-state index contributed by atoms with van der Waals surface area (Å²) in [4.78, 5) is 11.3. The van der Waals surface area contributed by atoms with Gasteiger partial charge in [0.15, 0.2) is 0 Å². The molecule has 0 bridgehead atoms. The van der Waals surface area contributed by atoms with Gasteiger partial charge in [-0.1, -0.05) is 0 Å². The lowest BCUT2D eigenvalue weighted by Gasteiger charge is -2.21. The van der Waals surface area contributed by atoms with Gasteiger partial charge in [0.2, 0.25) is 5.91 Å². The minimum atomic E-state index is -0.0353. The zero-order chi connectivity index (χ0) is 11.0. The lowest BCUT2D eigenvalue weighted by Crippen LogP contribution is -2.41. The molecule has 0 aliphatic rings. The van der Waals surface area contributed by atoms with Crippen LogP contribution in [0.1, 0.15) is 13.3 Å². The molecule has 5 heteroatoms. The predicted octanol–water partition coefficient (Wildman–Crippen LogP) is 0.251. The van der Waals surface area contributed by atoms with Crippen LogP contribution in [0.2, 0.25) is 0 Å². The van der Waals surface area contributed by atoms with Gasteiger partial charge in [0, 0.05) is 24.8 Å². The van der Waals surface area contributed by atoms with Crippen molar-refractivity contribution in [3.05, 3.63) is 0 Å². The van der Waals surface area contributed by atoms with Crippen molar-refractivity contribution in [2.24, 2.45) is 0 Å². The van der Waals surface area contributed by atoms with E-state index in [1.54, 1.807) is 18.9 Å². The Morgan fingerprint density at radius 3 is 2.71 bits per heavy atom. The van der Waals surface area contributed by atoms with Gasteiger partial charge < -0.3 is 15.2 Å². The van der Waals surface area contributed by atoms with Gasteiger partial charge in [-0.15, -0.1) is 0 Å². The van der Waals surface area contributed by atoms with Crippen molar-refractivity contribution in [2.45, 2.75) is 24.6 Å². The van der Waals surface area contributed by atoms with Gasteiger partial charge >= 0.3 is 0 Å². The number of ether oxygens (including phenoxy) is 1. The number of carbonyl (C=O) groups is 1. The van der Waals surface area contributed by atoms with Gasteiger partial charge in [0.05, 0.1) is 13.2 Å². The molecule has 0 heterocycles. The molecule has 2 atom stereocenters. The molecule has 0 aliphatic heterocycles. The number of carbonyl (C=O) groups excluding carboxylic acids is 1. The van der Waals surface area contributed by atoms with Gasteiger partial charge in [0.25, 0.3) is 0 Å². The van der Waals surface area contributed by atoms with Gasteiger partial charge in [-0.2, -0.15) is 11.8 Å². The maximum Gasteiger partial charge on any atom is 0.222 e. The third kappa shape index (κ3) is 5.47. The van der Waals surface area contributed by atoms with Crippen LogP contribution < -0.4 is 5.32 Å². The van der Waals surface area contributed by atoms with E-state index < -0.39 is 0 Å². The van der Waals surface area contributed by atoms with Gasteiger partial charge in [0.1, 0.15) is 0 Å². The molecule has 0 aromatic heterocycles. The first-order valence-electron chi connectivity index (χ1n) is 4.57. The van der Waals surface area contributed by atoms with E-state index in [4.69, 9.17) is 9.84 Å². The van der Waals surface area contributed by atoms with E-state index in [-0.39, 0.29) is 23.8 Å². The van der Waals surface area contributed by atoms with E-state index in [0.717, 1.165) is 0 Å². The van der Waals surface area contributed by atoms with Crippen molar-refractivity contribution < 1.29 is 14.6 Å². The Balaban J connectivity index is 3.79. The molecule has 14 heavy (non-hydrogen) atoms. The fourth-order valence-electron chi connectivity index (χ4n) is 1.05. The highest BCUT2D eigenvalue weighted by Crippen LogP contribution is 2.10. The third-order valence-electron chi connectivity index (χ3n) is 1.96. The van der Waals surface area contributed by atoms with Crippen LogP contribution in [0.5, 0.6) is 0 Å². The number of hydrogen-bond donors (Lipinski definition) is 2. The van der Waals surface area contributed by atoms with Gasteiger partial charge in [-0.3, -0.25) is 4.79 Å². The summed E-state index contributed by atoms with van der Waals surface area (Å²) in [6, 6.07) is -0.0145. The van der Waals surface area contributed by atoms with Crippen LogP contribution in [-0.2, 0) is 9.53 Å². The van der Waals surface area contributed by atoms with Crippen molar-refractivity contribution in [3.8, 4) is 0 Å². The molecule has 0 fully saturated rings. The predicted molar refractivity (Wildman–Crippen MR) is 58.5 cm³/mol. The second-order valence-electron chi connectivity index (χ2n) is 3.06. The molecular formula is C9H19NO3S. The van der Waals surface area contributed by atoms with E-state index in [1.165, 1.54) is 0 Å². The summed E-state index contributed by atoms with van der Waals surface area (Å²) < 4.78 is 4.79. The van der Waals surface area contributed by atoms with Crippen LogP contribution in [0.15, 0.2) is 0 Å². The normalized spacial score (nSPS) is 14.9. The second kappa shape index (κ2) is 8.08. The largest absolute Gasteiger partial charge is 0.395 e. The van der Waals surface area contributed by atoms with E-state index in [0.29, 0.717) is 13.0 Å². The van der Waals surface area contributed by atoms with Crippen molar-refractivity contribution >= 4 is 17.7 Å². The van der Waals surface area contributed by atoms with E-state index in [2.05, 4.69) is 5.32 Å². The first-order chi connectivity index (χ1) is 6.65. The minimum absolute atomic E-state index is 0.0145. The van der Waals surface area contributed by atoms with Crippen molar-refractivity contribution in [2.75, 3.05) is 26.6 Å². The molecule has 0 radical (unpaired) electrons. The Labute approximate surface area is 89.4 Å². The number of thioether (sulfide) groups is 1. The van der Waals surface area contributed by atoms with Crippen LogP contribution in [-0.4, -0.2) is 48.9 Å². The molecule has 0 rings (SSSR count). The molecule has 1 amide bonds. The molecule has 2 N–H and O–H groups in total. The molecule has 0 spiro atoms. The number of nitrogens with one attached hydrogen (secondary N) is 1. The fourth-order valence-corrected chi connectivity index (χ4v) is 1.68. The molecular weight excluding hydrogens is 202 g/mol. The average molecular weight is 221 g/mol. The summed E-state index contributed by atoms with van der Waals surface area (Å²) >= 11 is 1.55. The number of amides is 1. The summed E-state index contributed by atoms with van der Waals surface area (Å²) in [5.74, 6) is -0.0353. The summed E-state index contributed by atoms with van der Waals surface area (Å²) in [5, 5.41) is 11.9. The van der Waals surface area contributed by atoms with Crippen molar-refractivity contribution in [1.82, 2.24) is 5.32 Å². The Hall–Kier alpha value is -0.260. The minimum Gasteiger partial charge on any atom is -0.395 e. The van der Waals surface area contributed by atoms with Gasteiger partial charge in [-0.25, -0.2) is 0 Å². The Kier molecular flexibility index (Phi) is 7.93. The zero-order valence-corrected chi connectivity index (χ0v) is 9.76. The molecule has 2 unspecified atom stereocenters. The lowest BCUT2D eigenvalue weighted by molar-refractivity contribution is -0.122. The fraction of sp³-hybridized carbons (Fsp3) is 0.889. The summed E-state index contributed by atoms with van der Waals surface area (Å²) in [6.07, 6.45) is 2.28. The van der Waals surface area contributed by atoms with Crippen molar-refractivity contribution in [3.63, 3.8) is 0 Å². The molecule has 0 saturated heterocycles. The maximum atomic E-state index is 11.3. The smallest absolute Gasteiger partial charge is 0.222 e.